The normalized spacial score (nSPS) is 12.0. The zero-order chi connectivity index (χ0) is 17.5. The molecule has 124 valence electrons. The van der Waals surface area contributed by atoms with Crippen molar-refractivity contribution in [1.29, 1.82) is 0 Å². The van der Waals surface area contributed by atoms with Crippen LogP contribution < -0.4 is 4.90 Å². The number of nitrogens with zero attached hydrogens (tertiary/aromatic N) is 1. The van der Waals surface area contributed by atoms with Gasteiger partial charge in [0.05, 0.1) is 11.4 Å². The Kier molecular flexibility index (Phi) is 3.39. The summed E-state index contributed by atoms with van der Waals surface area (Å²) < 4.78 is 0. The Morgan fingerprint density at radius 3 is 1.85 bits per heavy atom. The minimum absolute atomic E-state index is 1.18. The number of hydrogen-bond donors (Lipinski definition) is 0. The van der Waals surface area contributed by atoms with E-state index in [2.05, 4.69) is 109 Å². The minimum Gasteiger partial charge on any atom is -0.309 e. The van der Waals surface area contributed by atoms with Gasteiger partial charge in [-0.2, -0.15) is 0 Å². The van der Waals surface area contributed by atoms with Crippen LogP contribution in [0.1, 0.15) is 5.56 Å². The van der Waals surface area contributed by atoms with Crippen molar-refractivity contribution in [1.82, 2.24) is 0 Å². The Morgan fingerprint density at radius 1 is 0.500 bits per heavy atom. The molecule has 4 aromatic carbocycles. The molecular formula is C25H19N. The van der Waals surface area contributed by atoms with Gasteiger partial charge in [-0.05, 0) is 48.4 Å². The van der Waals surface area contributed by atoms with Crippen molar-refractivity contribution in [2.24, 2.45) is 0 Å². The summed E-state index contributed by atoms with van der Waals surface area (Å²) in [6.45, 7) is 2.16. The van der Waals surface area contributed by atoms with E-state index >= 15 is 0 Å². The Balaban J connectivity index is 1.93. The van der Waals surface area contributed by atoms with Crippen LogP contribution in [0.25, 0.3) is 22.3 Å². The van der Waals surface area contributed by atoms with Gasteiger partial charge >= 0.3 is 0 Å². The van der Waals surface area contributed by atoms with Crippen LogP contribution in [0.3, 0.4) is 0 Å². The number of fused-ring (bicyclic) bond motifs is 5. The predicted molar refractivity (Wildman–Crippen MR) is 110 cm³/mol. The fourth-order valence-electron chi connectivity index (χ4n) is 3.89. The van der Waals surface area contributed by atoms with Crippen molar-refractivity contribution in [3.8, 4) is 22.3 Å². The summed E-state index contributed by atoms with van der Waals surface area (Å²) >= 11 is 0. The highest BCUT2D eigenvalue weighted by atomic mass is 15.1. The summed E-state index contributed by atoms with van der Waals surface area (Å²) in [6, 6.07) is 34.8. The van der Waals surface area contributed by atoms with E-state index in [4.69, 9.17) is 0 Å². The van der Waals surface area contributed by atoms with E-state index in [9.17, 15) is 0 Å². The maximum Gasteiger partial charge on any atom is 0.0540 e. The van der Waals surface area contributed by atoms with Crippen molar-refractivity contribution in [2.45, 2.75) is 6.92 Å². The van der Waals surface area contributed by atoms with E-state index in [0.717, 1.165) is 0 Å². The third kappa shape index (κ3) is 2.25. The van der Waals surface area contributed by atoms with Gasteiger partial charge in [0.1, 0.15) is 0 Å². The Hall–Kier alpha value is -3.32. The maximum atomic E-state index is 2.38. The topological polar surface area (TPSA) is 3.24 Å². The second kappa shape index (κ2) is 5.89. The van der Waals surface area contributed by atoms with E-state index < -0.39 is 0 Å². The van der Waals surface area contributed by atoms with E-state index in [0.29, 0.717) is 0 Å². The molecule has 0 aliphatic carbocycles. The molecule has 0 spiro atoms. The number of para-hydroxylation sites is 2. The summed E-state index contributed by atoms with van der Waals surface area (Å²) in [5, 5.41) is 0. The lowest BCUT2D eigenvalue weighted by molar-refractivity contribution is 1.29. The number of benzene rings is 4. The number of hydrogen-bond acceptors (Lipinski definition) is 1. The monoisotopic (exact) mass is 333 g/mol. The predicted octanol–water partition coefficient (Wildman–Crippen LogP) is 7.11. The van der Waals surface area contributed by atoms with Crippen LogP contribution in [0.2, 0.25) is 0 Å². The second-order valence-electron chi connectivity index (χ2n) is 6.75. The number of anilines is 3. The summed E-state index contributed by atoms with van der Waals surface area (Å²) in [4.78, 5) is 2.38. The summed E-state index contributed by atoms with van der Waals surface area (Å²) in [5.74, 6) is 0. The Morgan fingerprint density at radius 2 is 1.08 bits per heavy atom. The smallest absolute Gasteiger partial charge is 0.0540 e. The van der Waals surface area contributed by atoms with Gasteiger partial charge in [0.25, 0.3) is 0 Å². The molecule has 5 rings (SSSR count). The third-order valence-electron chi connectivity index (χ3n) is 5.06. The largest absolute Gasteiger partial charge is 0.309 e. The molecule has 1 aliphatic heterocycles. The lowest BCUT2D eigenvalue weighted by Gasteiger charge is -2.27. The number of aryl methyl sites for hydroxylation is 1. The summed E-state index contributed by atoms with van der Waals surface area (Å²) in [7, 11) is 0. The van der Waals surface area contributed by atoms with Crippen LogP contribution in [-0.2, 0) is 0 Å². The zero-order valence-corrected chi connectivity index (χ0v) is 14.7. The fourth-order valence-corrected chi connectivity index (χ4v) is 3.89. The molecule has 0 N–H and O–H groups in total. The molecule has 0 saturated carbocycles. The summed E-state index contributed by atoms with van der Waals surface area (Å²) in [5.41, 5.74) is 10.0. The van der Waals surface area contributed by atoms with Crippen molar-refractivity contribution < 1.29 is 0 Å². The highest BCUT2D eigenvalue weighted by Crippen LogP contribution is 2.50. The third-order valence-corrected chi connectivity index (χ3v) is 5.06. The van der Waals surface area contributed by atoms with Gasteiger partial charge in [0.2, 0.25) is 0 Å². The van der Waals surface area contributed by atoms with Gasteiger partial charge in [-0.15, -0.1) is 0 Å². The molecule has 0 bridgehead atoms. The van der Waals surface area contributed by atoms with Gasteiger partial charge < -0.3 is 4.90 Å². The summed E-state index contributed by atoms with van der Waals surface area (Å²) in [6.07, 6.45) is 0. The molecule has 0 radical (unpaired) electrons. The lowest BCUT2D eigenvalue weighted by Crippen LogP contribution is -2.10. The average Bonchev–Trinajstić information content (AvgIpc) is 2.82. The molecule has 1 heterocycles. The molecular weight excluding hydrogens is 314 g/mol. The fraction of sp³-hybridized carbons (Fsp3) is 0.0400. The van der Waals surface area contributed by atoms with Crippen LogP contribution in [-0.4, -0.2) is 0 Å². The van der Waals surface area contributed by atoms with E-state index in [-0.39, 0.29) is 0 Å². The molecule has 26 heavy (non-hydrogen) atoms. The highest BCUT2D eigenvalue weighted by Gasteiger charge is 2.25. The van der Waals surface area contributed by atoms with Crippen molar-refractivity contribution >= 4 is 17.1 Å². The first kappa shape index (κ1) is 15.0. The molecule has 1 nitrogen and oxygen atoms in total. The van der Waals surface area contributed by atoms with Crippen LogP contribution in [0.4, 0.5) is 17.1 Å². The zero-order valence-electron chi connectivity index (χ0n) is 14.7. The van der Waals surface area contributed by atoms with Crippen LogP contribution in [0.15, 0.2) is 97.1 Å². The van der Waals surface area contributed by atoms with Gasteiger partial charge in [-0.25, -0.2) is 0 Å². The van der Waals surface area contributed by atoms with Crippen LogP contribution in [0, 0.1) is 6.92 Å². The molecule has 0 amide bonds. The SMILES string of the molecule is Cc1ccc2c(c1)-c1ccccc1-c1ccccc1N2c1ccccc1. The average molecular weight is 333 g/mol. The van der Waals surface area contributed by atoms with Gasteiger partial charge in [-0.3, -0.25) is 0 Å². The van der Waals surface area contributed by atoms with Gasteiger partial charge in [0, 0.05) is 16.8 Å². The Labute approximate surface area is 154 Å². The Bertz CT molecular complexity index is 1100. The number of rotatable bonds is 1. The van der Waals surface area contributed by atoms with Crippen molar-refractivity contribution in [2.75, 3.05) is 4.90 Å². The van der Waals surface area contributed by atoms with Crippen molar-refractivity contribution in [3.63, 3.8) is 0 Å². The van der Waals surface area contributed by atoms with E-state index in [1.807, 2.05) is 0 Å². The first-order valence-electron chi connectivity index (χ1n) is 8.97. The van der Waals surface area contributed by atoms with Gasteiger partial charge in [-0.1, -0.05) is 72.3 Å². The van der Waals surface area contributed by atoms with Gasteiger partial charge in [0.15, 0.2) is 0 Å². The highest BCUT2D eigenvalue weighted by molar-refractivity contribution is 6.02. The van der Waals surface area contributed by atoms with Crippen molar-refractivity contribution in [3.05, 3.63) is 103 Å². The molecule has 0 aromatic heterocycles. The standard InChI is InChI=1S/C25H19N/c1-18-15-16-25-23(17-18)21-12-6-5-11-20(21)22-13-7-8-14-24(22)26(25)19-9-3-2-4-10-19/h2-17H,1H3. The molecule has 4 aromatic rings. The van der Waals surface area contributed by atoms with Crippen LogP contribution >= 0.6 is 0 Å². The molecule has 1 heteroatoms. The molecule has 0 saturated heterocycles. The molecule has 1 aliphatic rings. The molecule has 0 atom stereocenters. The van der Waals surface area contributed by atoms with E-state index in [1.165, 1.54) is 44.9 Å². The van der Waals surface area contributed by atoms with Crippen LogP contribution in [0.5, 0.6) is 0 Å². The maximum absolute atomic E-state index is 2.38. The van der Waals surface area contributed by atoms with E-state index in [1.54, 1.807) is 0 Å². The minimum atomic E-state index is 1.18. The quantitative estimate of drug-likeness (QED) is 0.316. The molecule has 0 unspecified atom stereocenters. The molecule has 0 fully saturated rings. The lowest BCUT2D eigenvalue weighted by atomic mass is 9.94. The first-order valence-corrected chi connectivity index (χ1v) is 8.97. The first-order chi connectivity index (χ1) is 12.8. The second-order valence-corrected chi connectivity index (χ2v) is 6.75.